The standard InChI is InChI=1S/C17H13NO2S/c19-14-10-9-12(11-15(14)20)5-1-4-8-17-18-13-6-2-3-7-16(13)21-17/h1-11,19-20H/b5-1+,8-4+. The van der Waals surface area contributed by atoms with Crippen molar-refractivity contribution in [3.05, 3.63) is 65.2 Å². The molecule has 3 nitrogen and oxygen atoms in total. The van der Waals surface area contributed by atoms with Crippen LogP contribution in [-0.2, 0) is 0 Å². The Bertz CT molecular complexity index is 801. The molecular weight excluding hydrogens is 282 g/mol. The van der Waals surface area contributed by atoms with Crippen LogP contribution in [0.4, 0.5) is 0 Å². The fraction of sp³-hybridized carbons (Fsp3) is 0. The number of para-hydroxylation sites is 1. The molecule has 0 aliphatic rings. The number of phenols is 2. The second kappa shape index (κ2) is 5.81. The van der Waals surface area contributed by atoms with Crippen molar-refractivity contribution in [1.82, 2.24) is 4.98 Å². The van der Waals surface area contributed by atoms with Crippen LogP contribution in [0.5, 0.6) is 11.5 Å². The van der Waals surface area contributed by atoms with Gasteiger partial charge in [-0.3, -0.25) is 0 Å². The van der Waals surface area contributed by atoms with Gasteiger partial charge in [-0.15, -0.1) is 11.3 Å². The molecule has 1 aromatic heterocycles. The number of nitrogens with zero attached hydrogens (tertiary/aromatic N) is 1. The molecule has 0 unspecified atom stereocenters. The molecule has 2 aromatic carbocycles. The second-order valence-corrected chi connectivity index (χ2v) is 5.55. The summed E-state index contributed by atoms with van der Waals surface area (Å²) in [5, 5.41) is 19.6. The largest absolute Gasteiger partial charge is 0.504 e. The summed E-state index contributed by atoms with van der Waals surface area (Å²) in [5.74, 6) is -0.232. The van der Waals surface area contributed by atoms with E-state index in [0.717, 1.165) is 16.1 Å². The van der Waals surface area contributed by atoms with Gasteiger partial charge in [0.25, 0.3) is 0 Å². The van der Waals surface area contributed by atoms with Gasteiger partial charge in [-0.25, -0.2) is 4.98 Å². The lowest BCUT2D eigenvalue weighted by molar-refractivity contribution is 0.403. The summed E-state index contributed by atoms with van der Waals surface area (Å²) in [5.41, 5.74) is 1.83. The normalized spacial score (nSPS) is 11.8. The first kappa shape index (κ1) is 13.4. The van der Waals surface area contributed by atoms with Gasteiger partial charge in [-0.1, -0.05) is 36.4 Å². The van der Waals surface area contributed by atoms with E-state index in [2.05, 4.69) is 11.1 Å². The molecule has 1 heterocycles. The molecule has 0 radical (unpaired) electrons. The van der Waals surface area contributed by atoms with Gasteiger partial charge in [0.15, 0.2) is 11.5 Å². The Morgan fingerprint density at radius 3 is 2.52 bits per heavy atom. The topological polar surface area (TPSA) is 53.4 Å². The molecule has 3 rings (SSSR count). The molecule has 0 bridgehead atoms. The second-order valence-electron chi connectivity index (χ2n) is 4.49. The first-order valence-electron chi connectivity index (χ1n) is 6.45. The maximum atomic E-state index is 9.41. The summed E-state index contributed by atoms with van der Waals surface area (Å²) in [6.07, 6.45) is 7.57. The summed E-state index contributed by atoms with van der Waals surface area (Å²) in [6, 6.07) is 12.7. The zero-order valence-corrected chi connectivity index (χ0v) is 11.9. The molecule has 0 spiro atoms. The van der Waals surface area contributed by atoms with E-state index in [1.807, 2.05) is 42.5 Å². The van der Waals surface area contributed by atoms with Gasteiger partial charge in [0.2, 0.25) is 0 Å². The fourth-order valence-electron chi connectivity index (χ4n) is 1.91. The summed E-state index contributed by atoms with van der Waals surface area (Å²) in [4.78, 5) is 4.51. The fourth-order valence-corrected chi connectivity index (χ4v) is 2.79. The van der Waals surface area contributed by atoms with Crippen molar-refractivity contribution in [1.29, 1.82) is 0 Å². The Morgan fingerprint density at radius 1 is 0.905 bits per heavy atom. The number of hydrogen-bond donors (Lipinski definition) is 2. The van der Waals surface area contributed by atoms with Gasteiger partial charge in [0, 0.05) is 0 Å². The third-order valence-electron chi connectivity index (χ3n) is 2.95. The molecule has 21 heavy (non-hydrogen) atoms. The highest BCUT2D eigenvalue weighted by Crippen LogP contribution is 2.25. The van der Waals surface area contributed by atoms with Crippen molar-refractivity contribution in [2.45, 2.75) is 0 Å². The van der Waals surface area contributed by atoms with Crippen LogP contribution in [0.3, 0.4) is 0 Å². The quantitative estimate of drug-likeness (QED) is 0.555. The lowest BCUT2D eigenvalue weighted by Crippen LogP contribution is -1.72. The molecular formula is C17H13NO2S. The van der Waals surface area contributed by atoms with E-state index in [9.17, 15) is 10.2 Å². The smallest absolute Gasteiger partial charge is 0.157 e. The van der Waals surface area contributed by atoms with E-state index in [-0.39, 0.29) is 11.5 Å². The van der Waals surface area contributed by atoms with Gasteiger partial charge in [-0.2, -0.15) is 0 Å². The van der Waals surface area contributed by atoms with E-state index in [1.54, 1.807) is 17.4 Å². The van der Waals surface area contributed by atoms with Crippen molar-refractivity contribution in [2.75, 3.05) is 0 Å². The van der Waals surface area contributed by atoms with Crippen molar-refractivity contribution in [2.24, 2.45) is 0 Å². The number of aromatic nitrogens is 1. The molecule has 2 N–H and O–H groups in total. The van der Waals surface area contributed by atoms with Gasteiger partial charge in [0.1, 0.15) is 5.01 Å². The molecule has 3 aromatic rings. The zero-order valence-electron chi connectivity index (χ0n) is 11.1. The number of allylic oxidation sites excluding steroid dienone is 2. The Kier molecular flexibility index (Phi) is 3.71. The number of benzene rings is 2. The van der Waals surface area contributed by atoms with Crippen LogP contribution in [0, 0.1) is 0 Å². The number of rotatable bonds is 3. The van der Waals surface area contributed by atoms with Crippen LogP contribution < -0.4 is 0 Å². The van der Waals surface area contributed by atoms with Crippen molar-refractivity contribution < 1.29 is 10.2 Å². The molecule has 0 saturated carbocycles. The Hall–Kier alpha value is -2.59. The number of phenolic OH excluding ortho intramolecular Hbond substituents is 2. The van der Waals surface area contributed by atoms with Crippen LogP contribution in [-0.4, -0.2) is 15.2 Å². The first-order valence-corrected chi connectivity index (χ1v) is 7.26. The van der Waals surface area contributed by atoms with E-state index >= 15 is 0 Å². The third kappa shape index (κ3) is 3.12. The van der Waals surface area contributed by atoms with Gasteiger partial charge in [0.05, 0.1) is 10.2 Å². The average molecular weight is 295 g/mol. The first-order chi connectivity index (χ1) is 10.2. The lowest BCUT2D eigenvalue weighted by atomic mass is 10.2. The van der Waals surface area contributed by atoms with E-state index in [0.29, 0.717) is 0 Å². The van der Waals surface area contributed by atoms with Crippen LogP contribution in [0.2, 0.25) is 0 Å². The van der Waals surface area contributed by atoms with Crippen molar-refractivity contribution in [3.8, 4) is 11.5 Å². The van der Waals surface area contributed by atoms with Crippen molar-refractivity contribution in [3.63, 3.8) is 0 Å². The van der Waals surface area contributed by atoms with E-state index in [1.165, 1.54) is 16.8 Å². The van der Waals surface area contributed by atoms with Gasteiger partial charge >= 0.3 is 0 Å². The van der Waals surface area contributed by atoms with Crippen LogP contribution in [0.1, 0.15) is 10.6 Å². The number of hydrogen-bond acceptors (Lipinski definition) is 4. The highest BCUT2D eigenvalue weighted by atomic mass is 32.1. The molecule has 0 aliphatic heterocycles. The minimum atomic E-state index is -0.118. The Balaban J connectivity index is 1.73. The SMILES string of the molecule is Oc1ccc(/C=C/C=C/c2nc3ccccc3s2)cc1O. The highest BCUT2D eigenvalue weighted by Gasteiger charge is 1.99. The molecule has 0 atom stereocenters. The van der Waals surface area contributed by atoms with Gasteiger partial charge < -0.3 is 10.2 Å². The molecule has 0 saturated heterocycles. The molecule has 104 valence electrons. The summed E-state index contributed by atoms with van der Waals surface area (Å²) < 4.78 is 1.17. The summed E-state index contributed by atoms with van der Waals surface area (Å²) in [6.45, 7) is 0. The maximum Gasteiger partial charge on any atom is 0.157 e. The van der Waals surface area contributed by atoms with Crippen LogP contribution >= 0.6 is 11.3 Å². The van der Waals surface area contributed by atoms with Crippen LogP contribution in [0.25, 0.3) is 22.4 Å². The Labute approximate surface area is 126 Å². The minimum Gasteiger partial charge on any atom is -0.504 e. The lowest BCUT2D eigenvalue weighted by Gasteiger charge is -1.97. The Morgan fingerprint density at radius 2 is 1.71 bits per heavy atom. The number of aromatic hydroxyl groups is 2. The highest BCUT2D eigenvalue weighted by molar-refractivity contribution is 7.19. The van der Waals surface area contributed by atoms with E-state index < -0.39 is 0 Å². The van der Waals surface area contributed by atoms with Gasteiger partial charge in [-0.05, 0) is 35.9 Å². The summed E-state index contributed by atoms with van der Waals surface area (Å²) >= 11 is 1.64. The molecule has 4 heteroatoms. The molecule has 0 amide bonds. The maximum absolute atomic E-state index is 9.41. The molecule has 0 fully saturated rings. The van der Waals surface area contributed by atoms with Crippen molar-refractivity contribution >= 4 is 33.7 Å². The summed E-state index contributed by atoms with van der Waals surface area (Å²) in [7, 11) is 0. The van der Waals surface area contributed by atoms with E-state index in [4.69, 9.17) is 0 Å². The number of fused-ring (bicyclic) bond motifs is 1. The average Bonchev–Trinajstić information content (AvgIpc) is 2.90. The predicted octanol–water partition coefficient (Wildman–Crippen LogP) is 4.43. The monoisotopic (exact) mass is 295 g/mol. The molecule has 0 aliphatic carbocycles. The zero-order chi connectivity index (χ0) is 14.7. The predicted molar refractivity (Wildman–Crippen MR) is 87.5 cm³/mol. The van der Waals surface area contributed by atoms with Crippen LogP contribution in [0.15, 0.2) is 54.6 Å². The third-order valence-corrected chi connectivity index (χ3v) is 3.95. The minimum absolute atomic E-state index is 0.114. The number of thiazole rings is 1.